The van der Waals surface area contributed by atoms with E-state index >= 15 is 0 Å². The molecule has 0 bridgehead atoms. The van der Waals surface area contributed by atoms with Crippen LogP contribution >= 0.6 is 0 Å². The first-order chi connectivity index (χ1) is 7.09. The third-order valence-electron chi connectivity index (χ3n) is 3.33. The number of anilines is 1. The lowest BCUT2D eigenvalue weighted by Crippen LogP contribution is -2.28. The summed E-state index contributed by atoms with van der Waals surface area (Å²) >= 11 is 0. The zero-order chi connectivity index (χ0) is 11.0. The molecule has 1 aromatic carbocycles. The highest BCUT2D eigenvalue weighted by molar-refractivity contribution is 5.59. The lowest BCUT2D eigenvalue weighted by molar-refractivity contribution is 0.710. The highest BCUT2D eigenvalue weighted by Gasteiger charge is 2.21. The number of benzene rings is 1. The van der Waals surface area contributed by atoms with Crippen LogP contribution in [0.3, 0.4) is 0 Å². The molecule has 0 saturated carbocycles. The van der Waals surface area contributed by atoms with Crippen LogP contribution in [0.2, 0.25) is 0 Å². The Morgan fingerprint density at radius 3 is 2.47 bits per heavy atom. The highest BCUT2D eigenvalue weighted by atomic mass is 15.2. The van der Waals surface area contributed by atoms with Crippen molar-refractivity contribution in [2.45, 2.75) is 46.1 Å². The normalized spacial score (nSPS) is 15.2. The molecule has 2 rings (SSSR count). The second-order valence-corrected chi connectivity index (χ2v) is 5.08. The van der Waals surface area contributed by atoms with E-state index in [0.717, 1.165) is 0 Å². The summed E-state index contributed by atoms with van der Waals surface area (Å²) in [4.78, 5) is 2.50. The molecule has 0 N–H and O–H groups in total. The molecule has 82 valence electrons. The van der Waals surface area contributed by atoms with Crippen LogP contribution in [-0.2, 0) is 6.42 Å². The zero-order valence-electron chi connectivity index (χ0n) is 10.2. The van der Waals surface area contributed by atoms with Crippen LogP contribution in [0.5, 0.6) is 0 Å². The van der Waals surface area contributed by atoms with Gasteiger partial charge in [0.2, 0.25) is 0 Å². The summed E-state index contributed by atoms with van der Waals surface area (Å²) in [7, 11) is 0. The Morgan fingerprint density at radius 2 is 1.87 bits per heavy atom. The maximum absolute atomic E-state index is 2.50. The largest absolute Gasteiger partial charge is 0.369 e. The molecule has 1 heteroatoms. The molecule has 0 spiro atoms. The topological polar surface area (TPSA) is 3.24 Å². The summed E-state index contributed by atoms with van der Waals surface area (Å²) in [5.74, 6) is 0.642. The van der Waals surface area contributed by atoms with Gasteiger partial charge in [0.15, 0.2) is 0 Å². The number of nitrogens with zero attached hydrogens (tertiary/aromatic N) is 1. The van der Waals surface area contributed by atoms with E-state index in [1.54, 1.807) is 0 Å². The van der Waals surface area contributed by atoms with Gasteiger partial charge in [-0.1, -0.05) is 26.0 Å². The second-order valence-electron chi connectivity index (χ2n) is 5.08. The van der Waals surface area contributed by atoms with Crippen LogP contribution in [-0.4, -0.2) is 12.6 Å². The van der Waals surface area contributed by atoms with Gasteiger partial charge in [-0.15, -0.1) is 0 Å². The van der Waals surface area contributed by atoms with Gasteiger partial charge in [-0.2, -0.15) is 0 Å². The Hall–Kier alpha value is -0.980. The first-order valence-corrected chi connectivity index (χ1v) is 5.99. The molecular weight excluding hydrogens is 182 g/mol. The molecule has 1 aromatic rings. The van der Waals surface area contributed by atoms with Gasteiger partial charge in [-0.05, 0) is 43.4 Å². The predicted molar refractivity (Wildman–Crippen MR) is 66.7 cm³/mol. The molecule has 0 saturated heterocycles. The molecule has 0 amide bonds. The SMILES string of the molecule is CC(C)c1ccc2c(c1)CCN2C(C)C. The summed E-state index contributed by atoms with van der Waals surface area (Å²) in [6.45, 7) is 10.2. The highest BCUT2D eigenvalue weighted by Crippen LogP contribution is 2.31. The van der Waals surface area contributed by atoms with Crippen LogP contribution < -0.4 is 4.90 Å². The third-order valence-corrected chi connectivity index (χ3v) is 3.33. The Labute approximate surface area is 93.1 Å². The van der Waals surface area contributed by atoms with Crippen molar-refractivity contribution >= 4 is 5.69 Å². The monoisotopic (exact) mass is 203 g/mol. The second kappa shape index (κ2) is 3.88. The standard InChI is InChI=1S/C14H21N/c1-10(2)12-5-6-14-13(9-12)7-8-15(14)11(3)4/h5-6,9-11H,7-8H2,1-4H3. The quantitative estimate of drug-likeness (QED) is 0.710. The number of hydrogen-bond donors (Lipinski definition) is 0. The lowest BCUT2D eigenvalue weighted by Gasteiger charge is -2.24. The summed E-state index contributed by atoms with van der Waals surface area (Å²) in [6, 6.07) is 7.60. The molecule has 0 atom stereocenters. The molecule has 1 aliphatic heterocycles. The number of fused-ring (bicyclic) bond motifs is 1. The summed E-state index contributed by atoms with van der Waals surface area (Å²) < 4.78 is 0. The molecular formula is C14H21N. The van der Waals surface area contributed by atoms with Crippen molar-refractivity contribution in [3.8, 4) is 0 Å². The van der Waals surface area contributed by atoms with Gasteiger partial charge in [0.05, 0.1) is 0 Å². The maximum Gasteiger partial charge on any atom is 0.0402 e. The minimum Gasteiger partial charge on any atom is -0.369 e. The van der Waals surface area contributed by atoms with Crippen molar-refractivity contribution in [3.05, 3.63) is 29.3 Å². The van der Waals surface area contributed by atoms with Crippen LogP contribution in [0.15, 0.2) is 18.2 Å². The Morgan fingerprint density at radius 1 is 1.13 bits per heavy atom. The van der Waals surface area contributed by atoms with E-state index in [0.29, 0.717) is 12.0 Å². The maximum atomic E-state index is 2.50. The fourth-order valence-corrected chi connectivity index (χ4v) is 2.34. The van der Waals surface area contributed by atoms with Crippen molar-refractivity contribution in [3.63, 3.8) is 0 Å². The molecule has 1 aliphatic rings. The van der Waals surface area contributed by atoms with Crippen LogP contribution in [0.1, 0.15) is 44.7 Å². The van der Waals surface area contributed by atoms with Crippen molar-refractivity contribution in [1.29, 1.82) is 0 Å². The number of hydrogen-bond acceptors (Lipinski definition) is 1. The lowest BCUT2D eigenvalue weighted by atomic mass is 10.00. The fraction of sp³-hybridized carbons (Fsp3) is 0.571. The summed E-state index contributed by atoms with van der Waals surface area (Å²) in [5.41, 5.74) is 4.46. The van der Waals surface area contributed by atoms with E-state index in [4.69, 9.17) is 0 Å². The first kappa shape index (κ1) is 10.5. The van der Waals surface area contributed by atoms with Crippen molar-refractivity contribution < 1.29 is 0 Å². The molecule has 1 heterocycles. The molecule has 0 unspecified atom stereocenters. The van der Waals surface area contributed by atoms with Gasteiger partial charge < -0.3 is 4.90 Å². The van der Waals surface area contributed by atoms with Gasteiger partial charge in [-0.3, -0.25) is 0 Å². The Balaban J connectivity index is 2.33. The third kappa shape index (κ3) is 1.88. The molecule has 1 nitrogen and oxygen atoms in total. The zero-order valence-corrected chi connectivity index (χ0v) is 10.2. The van der Waals surface area contributed by atoms with E-state index in [-0.39, 0.29) is 0 Å². The van der Waals surface area contributed by atoms with E-state index in [1.807, 2.05) is 0 Å². The van der Waals surface area contributed by atoms with Crippen molar-refractivity contribution in [2.75, 3.05) is 11.4 Å². The van der Waals surface area contributed by atoms with E-state index in [1.165, 1.54) is 29.8 Å². The van der Waals surface area contributed by atoms with E-state index < -0.39 is 0 Å². The van der Waals surface area contributed by atoms with Gasteiger partial charge in [0.1, 0.15) is 0 Å². The van der Waals surface area contributed by atoms with Gasteiger partial charge in [0.25, 0.3) is 0 Å². The first-order valence-electron chi connectivity index (χ1n) is 5.99. The minimum atomic E-state index is 0.621. The van der Waals surface area contributed by atoms with Gasteiger partial charge in [0, 0.05) is 18.3 Å². The minimum absolute atomic E-state index is 0.621. The molecule has 0 aliphatic carbocycles. The Kier molecular flexibility index (Phi) is 2.72. The smallest absolute Gasteiger partial charge is 0.0402 e. The molecule has 15 heavy (non-hydrogen) atoms. The van der Waals surface area contributed by atoms with Crippen molar-refractivity contribution in [1.82, 2.24) is 0 Å². The van der Waals surface area contributed by atoms with Gasteiger partial charge in [-0.25, -0.2) is 0 Å². The van der Waals surface area contributed by atoms with Crippen LogP contribution in [0, 0.1) is 0 Å². The number of rotatable bonds is 2. The van der Waals surface area contributed by atoms with E-state index in [2.05, 4.69) is 50.8 Å². The summed E-state index contributed by atoms with van der Waals surface area (Å²) in [5, 5.41) is 0. The molecule has 0 aromatic heterocycles. The van der Waals surface area contributed by atoms with Gasteiger partial charge >= 0.3 is 0 Å². The molecule has 0 radical (unpaired) electrons. The Bertz CT molecular complexity index is 352. The average Bonchev–Trinajstić information content (AvgIpc) is 2.59. The summed E-state index contributed by atoms with van der Waals surface area (Å²) in [6.07, 6.45) is 1.22. The predicted octanol–water partition coefficient (Wildman–Crippen LogP) is 3.58. The van der Waals surface area contributed by atoms with Crippen LogP contribution in [0.4, 0.5) is 5.69 Å². The molecule has 0 fully saturated rings. The fourth-order valence-electron chi connectivity index (χ4n) is 2.34. The van der Waals surface area contributed by atoms with E-state index in [9.17, 15) is 0 Å². The average molecular weight is 203 g/mol. The van der Waals surface area contributed by atoms with Crippen LogP contribution in [0.25, 0.3) is 0 Å². The van der Waals surface area contributed by atoms with Crippen molar-refractivity contribution in [2.24, 2.45) is 0 Å².